The first-order valence-electron chi connectivity index (χ1n) is 4.86. The van der Waals surface area contributed by atoms with Crippen LogP contribution in [0.3, 0.4) is 0 Å². The minimum Gasteiger partial charge on any atom is -0.490 e. The molecule has 0 radical (unpaired) electrons. The predicted molar refractivity (Wildman–Crippen MR) is 54.8 cm³/mol. The van der Waals surface area contributed by atoms with Crippen molar-refractivity contribution in [3.63, 3.8) is 0 Å². The van der Waals surface area contributed by atoms with E-state index in [9.17, 15) is 4.79 Å². The fourth-order valence-electron chi connectivity index (χ4n) is 1.88. The molecule has 2 rings (SSSR count). The van der Waals surface area contributed by atoms with E-state index in [4.69, 9.17) is 15.6 Å². The molecule has 3 N–H and O–H groups in total. The van der Waals surface area contributed by atoms with Gasteiger partial charge < -0.3 is 15.6 Å². The minimum absolute atomic E-state index is 0.0992. The Labute approximate surface area is 87.7 Å². The predicted octanol–water partition coefficient (Wildman–Crippen LogP) is 1.09. The third-order valence-electron chi connectivity index (χ3n) is 2.59. The summed E-state index contributed by atoms with van der Waals surface area (Å²) in [5.74, 6) is -0.250. The third kappa shape index (κ3) is 1.68. The highest BCUT2D eigenvalue weighted by atomic mass is 16.5. The molecule has 0 saturated heterocycles. The molecule has 80 valence electrons. The highest BCUT2D eigenvalue weighted by molar-refractivity contribution is 5.76. The zero-order chi connectivity index (χ0) is 11.0. The van der Waals surface area contributed by atoms with Crippen molar-refractivity contribution in [1.29, 1.82) is 0 Å². The van der Waals surface area contributed by atoms with Crippen LogP contribution in [0, 0.1) is 0 Å². The van der Waals surface area contributed by atoms with Crippen LogP contribution in [0.15, 0.2) is 18.2 Å². The molecule has 0 saturated carbocycles. The molecule has 1 aromatic rings. The number of aliphatic carboxylic acids is 1. The summed E-state index contributed by atoms with van der Waals surface area (Å²) in [7, 11) is 0. The maximum Gasteiger partial charge on any atom is 0.325 e. The lowest BCUT2D eigenvalue weighted by atomic mass is 9.98. The van der Waals surface area contributed by atoms with Gasteiger partial charge in [0.1, 0.15) is 17.9 Å². The number of rotatable bonds is 2. The van der Waals surface area contributed by atoms with Gasteiger partial charge in [-0.2, -0.15) is 0 Å². The largest absolute Gasteiger partial charge is 0.490 e. The van der Waals surface area contributed by atoms with Crippen molar-refractivity contribution in [3.8, 4) is 5.75 Å². The Bertz CT molecular complexity index is 403. The first-order chi connectivity index (χ1) is 7.09. The van der Waals surface area contributed by atoms with Gasteiger partial charge in [0.15, 0.2) is 0 Å². The number of nitrogens with two attached hydrogens (primary N) is 1. The number of fused-ring (bicyclic) bond motifs is 1. The summed E-state index contributed by atoms with van der Waals surface area (Å²) in [6, 6.07) is 4.40. The highest BCUT2D eigenvalue weighted by Crippen LogP contribution is 2.33. The summed E-state index contributed by atoms with van der Waals surface area (Å²) in [5, 5.41) is 8.87. The molecule has 1 heterocycles. The van der Waals surface area contributed by atoms with Crippen LogP contribution in [0.4, 0.5) is 0 Å². The minimum atomic E-state index is -1.01. The third-order valence-corrected chi connectivity index (χ3v) is 2.59. The molecule has 1 aliphatic rings. The summed E-state index contributed by atoms with van der Waals surface area (Å²) in [5.41, 5.74) is 7.19. The molecule has 15 heavy (non-hydrogen) atoms. The fraction of sp³-hybridized carbons (Fsp3) is 0.364. The monoisotopic (exact) mass is 207 g/mol. The molecule has 1 aliphatic heterocycles. The summed E-state index contributed by atoms with van der Waals surface area (Å²) in [6.07, 6.45) is 0.828. The van der Waals surface area contributed by atoms with Gasteiger partial charge in [-0.15, -0.1) is 0 Å². The van der Waals surface area contributed by atoms with E-state index in [1.54, 1.807) is 12.1 Å². The summed E-state index contributed by atoms with van der Waals surface area (Å²) in [4.78, 5) is 10.8. The van der Waals surface area contributed by atoms with E-state index in [0.717, 1.165) is 17.7 Å². The number of benzene rings is 1. The van der Waals surface area contributed by atoms with E-state index in [2.05, 4.69) is 0 Å². The van der Waals surface area contributed by atoms with Crippen LogP contribution in [0.1, 0.15) is 24.1 Å². The van der Waals surface area contributed by atoms with Crippen molar-refractivity contribution >= 4 is 5.97 Å². The summed E-state index contributed by atoms with van der Waals surface area (Å²) < 4.78 is 5.53. The molecule has 0 bridgehead atoms. The Balaban J connectivity index is 2.42. The zero-order valence-electron chi connectivity index (χ0n) is 8.43. The molecular weight excluding hydrogens is 194 g/mol. The lowest BCUT2D eigenvalue weighted by Crippen LogP contribution is -2.21. The smallest absolute Gasteiger partial charge is 0.325 e. The average Bonchev–Trinajstić information content (AvgIpc) is 2.56. The molecule has 2 unspecified atom stereocenters. The Kier molecular flexibility index (Phi) is 2.36. The molecule has 0 fully saturated rings. The number of carboxylic acids is 1. The molecule has 4 nitrogen and oxygen atoms in total. The number of carbonyl (C=O) groups is 1. The van der Waals surface area contributed by atoms with E-state index < -0.39 is 12.0 Å². The zero-order valence-corrected chi connectivity index (χ0v) is 8.43. The fourth-order valence-corrected chi connectivity index (χ4v) is 1.88. The van der Waals surface area contributed by atoms with E-state index in [1.807, 2.05) is 13.0 Å². The maximum absolute atomic E-state index is 10.8. The van der Waals surface area contributed by atoms with Crippen LogP contribution in [0.2, 0.25) is 0 Å². The van der Waals surface area contributed by atoms with E-state index in [0.29, 0.717) is 5.56 Å². The van der Waals surface area contributed by atoms with Crippen LogP contribution in [-0.2, 0) is 11.2 Å². The Hall–Kier alpha value is -1.55. The summed E-state index contributed by atoms with van der Waals surface area (Å²) in [6.45, 7) is 1.95. The van der Waals surface area contributed by atoms with Crippen molar-refractivity contribution in [2.75, 3.05) is 0 Å². The SMILES string of the molecule is CC1Cc2c(cccc2C(N)C(=O)O)O1. The van der Waals surface area contributed by atoms with Gasteiger partial charge in [-0.3, -0.25) is 4.79 Å². The quantitative estimate of drug-likeness (QED) is 0.761. The van der Waals surface area contributed by atoms with Crippen LogP contribution < -0.4 is 10.5 Å². The van der Waals surface area contributed by atoms with Gasteiger partial charge in [-0.1, -0.05) is 12.1 Å². The number of ether oxygens (including phenoxy) is 1. The van der Waals surface area contributed by atoms with Crippen LogP contribution in [0.25, 0.3) is 0 Å². The number of hydrogen-bond donors (Lipinski definition) is 2. The lowest BCUT2D eigenvalue weighted by molar-refractivity contribution is -0.138. The van der Waals surface area contributed by atoms with E-state index in [1.165, 1.54) is 0 Å². The highest BCUT2D eigenvalue weighted by Gasteiger charge is 2.26. The van der Waals surface area contributed by atoms with Crippen LogP contribution >= 0.6 is 0 Å². The van der Waals surface area contributed by atoms with E-state index >= 15 is 0 Å². The standard InChI is InChI=1S/C11H13NO3/c1-6-5-8-7(10(12)11(13)14)3-2-4-9(8)15-6/h2-4,6,10H,5,12H2,1H3,(H,13,14). The van der Waals surface area contributed by atoms with Gasteiger partial charge >= 0.3 is 5.97 Å². The normalized spacial score (nSPS) is 20.5. The van der Waals surface area contributed by atoms with Gasteiger partial charge in [-0.05, 0) is 18.6 Å². The number of carboxylic acid groups (broad SMARTS) is 1. The first kappa shape index (κ1) is 9.98. The van der Waals surface area contributed by atoms with Gasteiger partial charge in [0.05, 0.1) is 0 Å². The second-order valence-corrected chi connectivity index (χ2v) is 3.77. The average molecular weight is 207 g/mol. The lowest BCUT2D eigenvalue weighted by Gasteiger charge is -2.10. The molecule has 0 amide bonds. The van der Waals surface area contributed by atoms with Crippen LogP contribution in [0.5, 0.6) is 5.75 Å². The van der Waals surface area contributed by atoms with Crippen molar-refractivity contribution in [2.24, 2.45) is 5.73 Å². The second-order valence-electron chi connectivity index (χ2n) is 3.77. The maximum atomic E-state index is 10.8. The van der Waals surface area contributed by atoms with Gasteiger partial charge in [0, 0.05) is 12.0 Å². The molecule has 1 aromatic carbocycles. The van der Waals surface area contributed by atoms with Gasteiger partial charge in [0.25, 0.3) is 0 Å². The molecule has 4 heteroatoms. The van der Waals surface area contributed by atoms with Gasteiger partial charge in [0.2, 0.25) is 0 Å². The van der Waals surface area contributed by atoms with Crippen molar-refractivity contribution in [3.05, 3.63) is 29.3 Å². The Morgan fingerprint density at radius 3 is 3.07 bits per heavy atom. The molecule has 0 aromatic heterocycles. The summed E-state index contributed by atoms with van der Waals surface area (Å²) >= 11 is 0. The Morgan fingerprint density at radius 1 is 1.67 bits per heavy atom. The molecule has 0 spiro atoms. The van der Waals surface area contributed by atoms with Crippen molar-refractivity contribution < 1.29 is 14.6 Å². The molecular formula is C11H13NO3. The second kappa shape index (κ2) is 3.55. The van der Waals surface area contributed by atoms with Crippen molar-refractivity contribution in [1.82, 2.24) is 0 Å². The molecule has 2 atom stereocenters. The first-order valence-corrected chi connectivity index (χ1v) is 4.86. The van der Waals surface area contributed by atoms with Gasteiger partial charge in [-0.25, -0.2) is 0 Å². The topological polar surface area (TPSA) is 72.6 Å². The van der Waals surface area contributed by atoms with Crippen molar-refractivity contribution in [2.45, 2.75) is 25.5 Å². The number of hydrogen-bond acceptors (Lipinski definition) is 3. The Morgan fingerprint density at radius 2 is 2.40 bits per heavy atom. The van der Waals surface area contributed by atoms with Crippen LogP contribution in [-0.4, -0.2) is 17.2 Å². The molecule has 0 aliphatic carbocycles. The van der Waals surface area contributed by atoms with E-state index in [-0.39, 0.29) is 6.10 Å².